The van der Waals surface area contributed by atoms with Crippen molar-refractivity contribution in [1.82, 2.24) is 0 Å². The number of rotatable bonds is 3. The normalized spacial score (nSPS) is 22.7. The average molecular weight is 246 g/mol. The molecule has 0 amide bonds. The third-order valence-corrected chi connectivity index (χ3v) is 2.80. The largest absolute Gasteiger partial charge is 0.458 e. The Morgan fingerprint density at radius 1 is 1.44 bits per heavy atom. The van der Waals surface area contributed by atoms with Crippen LogP contribution in [0.5, 0.6) is 0 Å². The molecular weight excluding hydrogens is 232 g/mol. The predicted octanol–water partition coefficient (Wildman–Crippen LogP) is 1.99. The van der Waals surface area contributed by atoms with Crippen molar-refractivity contribution in [2.24, 2.45) is 0 Å². The van der Waals surface area contributed by atoms with Crippen LogP contribution in [0.1, 0.15) is 18.9 Å². The summed E-state index contributed by atoms with van der Waals surface area (Å²) in [5, 5.41) is 0. The third-order valence-electron chi connectivity index (χ3n) is 2.80. The maximum Gasteiger partial charge on any atom is 0.351 e. The second-order valence-electron chi connectivity index (χ2n) is 4.46. The van der Waals surface area contributed by atoms with E-state index in [0.29, 0.717) is 5.57 Å². The zero-order chi connectivity index (χ0) is 13.2. The Balaban J connectivity index is 1.97. The van der Waals surface area contributed by atoms with Gasteiger partial charge in [-0.15, -0.1) is 0 Å². The Morgan fingerprint density at radius 3 is 2.67 bits per heavy atom. The fourth-order valence-corrected chi connectivity index (χ4v) is 1.78. The minimum absolute atomic E-state index is 0.166. The van der Waals surface area contributed by atoms with Crippen LogP contribution in [0.4, 0.5) is 0 Å². The minimum atomic E-state index is -1.23. The summed E-state index contributed by atoms with van der Waals surface area (Å²) in [6.45, 7) is 5.25. The van der Waals surface area contributed by atoms with Gasteiger partial charge in [0.25, 0.3) is 0 Å². The Bertz CT molecular complexity index is 474. The Morgan fingerprint density at radius 2 is 2.11 bits per heavy atom. The van der Waals surface area contributed by atoms with Gasteiger partial charge in [-0.2, -0.15) is 0 Å². The van der Waals surface area contributed by atoms with Crippen LogP contribution < -0.4 is 0 Å². The summed E-state index contributed by atoms with van der Waals surface area (Å²) in [7, 11) is 0. The summed E-state index contributed by atoms with van der Waals surface area (Å²) < 4.78 is 10.2. The lowest BCUT2D eigenvalue weighted by Crippen LogP contribution is -2.36. The highest BCUT2D eigenvalue weighted by molar-refractivity contribution is 5.96. The van der Waals surface area contributed by atoms with E-state index in [1.165, 1.54) is 6.92 Å². The van der Waals surface area contributed by atoms with E-state index in [-0.39, 0.29) is 13.0 Å². The lowest BCUT2D eigenvalue weighted by molar-refractivity contribution is -0.173. The second kappa shape index (κ2) is 4.64. The number of carbonyl (C=O) groups is 2. The fraction of sp³-hybridized carbons (Fsp3) is 0.286. The van der Waals surface area contributed by atoms with E-state index in [2.05, 4.69) is 6.58 Å². The summed E-state index contributed by atoms with van der Waals surface area (Å²) in [5.41, 5.74) is -0.0464. The highest BCUT2D eigenvalue weighted by Gasteiger charge is 2.46. The van der Waals surface area contributed by atoms with E-state index in [1.807, 2.05) is 30.3 Å². The molecule has 0 saturated carbocycles. The van der Waals surface area contributed by atoms with E-state index in [0.717, 1.165) is 5.56 Å². The fourth-order valence-electron chi connectivity index (χ4n) is 1.78. The Kier molecular flexibility index (Phi) is 3.19. The lowest BCUT2D eigenvalue weighted by atomic mass is 10.0. The first-order valence-electron chi connectivity index (χ1n) is 5.63. The van der Waals surface area contributed by atoms with Crippen LogP contribution in [0.3, 0.4) is 0 Å². The van der Waals surface area contributed by atoms with Crippen molar-refractivity contribution in [3.8, 4) is 0 Å². The molecule has 0 aliphatic carbocycles. The van der Waals surface area contributed by atoms with Gasteiger partial charge in [0.15, 0.2) is 0 Å². The van der Waals surface area contributed by atoms with Gasteiger partial charge in [-0.25, -0.2) is 9.59 Å². The van der Waals surface area contributed by atoms with Gasteiger partial charge >= 0.3 is 11.9 Å². The molecule has 4 heteroatoms. The van der Waals surface area contributed by atoms with E-state index in [1.54, 1.807) is 0 Å². The van der Waals surface area contributed by atoms with Crippen molar-refractivity contribution in [1.29, 1.82) is 0 Å². The molecule has 2 rings (SSSR count). The van der Waals surface area contributed by atoms with Crippen LogP contribution in [-0.2, 0) is 25.7 Å². The summed E-state index contributed by atoms with van der Waals surface area (Å²) >= 11 is 0. The number of cyclic esters (lactones) is 1. The molecule has 1 aromatic carbocycles. The molecule has 0 bridgehead atoms. The molecule has 1 saturated heterocycles. The van der Waals surface area contributed by atoms with E-state index < -0.39 is 17.5 Å². The van der Waals surface area contributed by atoms with Gasteiger partial charge in [-0.1, -0.05) is 36.9 Å². The van der Waals surface area contributed by atoms with Crippen molar-refractivity contribution in [2.45, 2.75) is 25.6 Å². The first kappa shape index (κ1) is 12.4. The van der Waals surface area contributed by atoms with Crippen molar-refractivity contribution >= 4 is 11.9 Å². The molecule has 1 heterocycles. The zero-order valence-corrected chi connectivity index (χ0v) is 10.1. The topological polar surface area (TPSA) is 52.6 Å². The standard InChI is InChI=1S/C14H14O4/c1-10-8-14(2,18-12(10)15)13(16)17-9-11-6-4-3-5-7-11/h3-7H,1,8-9H2,2H3. The van der Waals surface area contributed by atoms with Gasteiger partial charge in [-0.3, -0.25) is 0 Å². The smallest absolute Gasteiger partial charge is 0.351 e. The predicted molar refractivity (Wildman–Crippen MR) is 64.5 cm³/mol. The number of ether oxygens (including phenoxy) is 2. The third kappa shape index (κ3) is 2.42. The molecule has 0 radical (unpaired) electrons. The Hall–Kier alpha value is -2.10. The molecule has 4 nitrogen and oxygen atoms in total. The van der Waals surface area contributed by atoms with Crippen LogP contribution in [0, 0.1) is 0 Å². The van der Waals surface area contributed by atoms with Gasteiger partial charge in [0, 0.05) is 12.0 Å². The highest BCUT2D eigenvalue weighted by atomic mass is 16.6. The van der Waals surface area contributed by atoms with Crippen LogP contribution >= 0.6 is 0 Å². The van der Waals surface area contributed by atoms with Crippen LogP contribution in [-0.4, -0.2) is 17.5 Å². The molecule has 1 atom stereocenters. The number of carbonyl (C=O) groups excluding carboxylic acids is 2. The number of hydrogen-bond donors (Lipinski definition) is 0. The maximum atomic E-state index is 11.9. The van der Waals surface area contributed by atoms with Crippen LogP contribution in [0.2, 0.25) is 0 Å². The molecule has 0 aromatic heterocycles. The molecule has 0 spiro atoms. The summed E-state index contributed by atoms with van der Waals surface area (Å²) in [4.78, 5) is 23.1. The van der Waals surface area contributed by atoms with Crippen molar-refractivity contribution in [2.75, 3.05) is 0 Å². The average Bonchev–Trinajstić information content (AvgIpc) is 2.63. The first-order chi connectivity index (χ1) is 8.51. The van der Waals surface area contributed by atoms with Gasteiger partial charge in [0.1, 0.15) is 6.61 Å². The molecule has 1 aliphatic heterocycles. The van der Waals surface area contributed by atoms with E-state index in [4.69, 9.17) is 9.47 Å². The summed E-state index contributed by atoms with van der Waals surface area (Å²) in [6, 6.07) is 9.32. The number of hydrogen-bond acceptors (Lipinski definition) is 4. The Labute approximate surface area is 105 Å². The molecule has 94 valence electrons. The van der Waals surface area contributed by atoms with Crippen molar-refractivity contribution in [3.05, 3.63) is 48.0 Å². The van der Waals surface area contributed by atoms with E-state index >= 15 is 0 Å². The van der Waals surface area contributed by atoms with E-state index in [9.17, 15) is 9.59 Å². The molecule has 1 aromatic rings. The van der Waals surface area contributed by atoms with Crippen LogP contribution in [0.25, 0.3) is 0 Å². The zero-order valence-electron chi connectivity index (χ0n) is 10.1. The van der Waals surface area contributed by atoms with Crippen LogP contribution in [0.15, 0.2) is 42.5 Å². The molecule has 1 aliphatic rings. The highest BCUT2D eigenvalue weighted by Crippen LogP contribution is 2.30. The van der Waals surface area contributed by atoms with Gasteiger partial charge in [0.2, 0.25) is 5.60 Å². The van der Waals surface area contributed by atoms with Gasteiger partial charge < -0.3 is 9.47 Å². The quantitative estimate of drug-likeness (QED) is 0.604. The molecule has 1 fully saturated rings. The van der Waals surface area contributed by atoms with Gasteiger partial charge in [-0.05, 0) is 12.5 Å². The van der Waals surface area contributed by atoms with Gasteiger partial charge in [0.05, 0.1) is 0 Å². The molecule has 1 unspecified atom stereocenters. The maximum absolute atomic E-state index is 11.9. The van der Waals surface area contributed by atoms with Crippen molar-refractivity contribution < 1.29 is 19.1 Å². The summed E-state index contributed by atoms with van der Waals surface area (Å²) in [6.07, 6.45) is 0.180. The van der Waals surface area contributed by atoms with Crippen molar-refractivity contribution in [3.63, 3.8) is 0 Å². The molecular formula is C14H14O4. The number of benzene rings is 1. The molecule has 18 heavy (non-hydrogen) atoms. The summed E-state index contributed by atoms with van der Waals surface area (Å²) in [5.74, 6) is -1.08. The molecule has 0 N–H and O–H groups in total. The minimum Gasteiger partial charge on any atom is -0.458 e. The monoisotopic (exact) mass is 246 g/mol. The first-order valence-corrected chi connectivity index (χ1v) is 5.63. The lowest BCUT2D eigenvalue weighted by Gasteiger charge is -2.19. The number of esters is 2. The second-order valence-corrected chi connectivity index (χ2v) is 4.46. The SMILES string of the molecule is C=C1CC(C)(C(=O)OCc2ccccc2)OC1=O.